The van der Waals surface area contributed by atoms with Crippen LogP contribution in [0.3, 0.4) is 0 Å². The zero-order valence-electron chi connectivity index (χ0n) is 34.4. The van der Waals surface area contributed by atoms with Gasteiger partial charge in [0.1, 0.15) is 23.2 Å². The van der Waals surface area contributed by atoms with Gasteiger partial charge in [-0.25, -0.2) is 10.4 Å². The maximum absolute atomic E-state index is 14.6. The summed E-state index contributed by atoms with van der Waals surface area (Å²) in [5.74, 6) is -0.764. The number of nitrogens with one attached hydrogen (secondary N) is 3. The molecule has 3 aromatic heterocycles. The van der Waals surface area contributed by atoms with E-state index >= 15 is 0 Å². The Morgan fingerprint density at radius 3 is 2.70 bits per heavy atom. The molecule has 2 amide bonds. The molecule has 3 N–H and O–H groups in total. The molecule has 14 heteroatoms. The number of fused-ring (bicyclic) bond motifs is 6. The minimum atomic E-state index is -1.09. The summed E-state index contributed by atoms with van der Waals surface area (Å²) in [6.45, 7) is 14.5. The number of nitrogens with zero attached hydrogens (tertiary/aromatic N) is 4. The number of carbonyl (C=O) groups is 3. The molecule has 0 radical (unpaired) electrons. The molecule has 13 nitrogen and oxygen atoms in total. The van der Waals surface area contributed by atoms with Crippen molar-refractivity contribution in [1.82, 2.24) is 35.6 Å². The molecule has 7 atom stereocenters. The van der Waals surface area contributed by atoms with E-state index in [-0.39, 0.29) is 48.9 Å². The summed E-state index contributed by atoms with van der Waals surface area (Å²) < 4.78 is 20.7. The van der Waals surface area contributed by atoms with Crippen molar-refractivity contribution < 1.29 is 28.6 Å². The lowest BCUT2D eigenvalue weighted by atomic mass is 9.84. The van der Waals surface area contributed by atoms with Crippen molar-refractivity contribution in [1.29, 1.82) is 0 Å². The van der Waals surface area contributed by atoms with Gasteiger partial charge in [-0.3, -0.25) is 24.4 Å². The van der Waals surface area contributed by atoms with Crippen LogP contribution in [-0.4, -0.2) is 89.9 Å². The van der Waals surface area contributed by atoms with E-state index in [1.54, 1.807) is 13.3 Å². The van der Waals surface area contributed by atoms with Crippen LogP contribution in [0.5, 0.6) is 0 Å². The molecule has 1 saturated heterocycles. The predicted octanol–water partition coefficient (Wildman–Crippen LogP) is 5.84. The Hall–Kier alpha value is -4.21. The Kier molecular flexibility index (Phi) is 12.2. The van der Waals surface area contributed by atoms with E-state index in [0.717, 1.165) is 44.7 Å². The van der Waals surface area contributed by atoms with E-state index in [4.69, 9.17) is 24.2 Å². The first-order chi connectivity index (χ1) is 27.4. The predicted molar refractivity (Wildman–Crippen MR) is 220 cm³/mol. The molecule has 5 heterocycles. The van der Waals surface area contributed by atoms with Gasteiger partial charge >= 0.3 is 5.97 Å². The van der Waals surface area contributed by atoms with E-state index in [1.165, 1.54) is 16.3 Å². The molecule has 4 aromatic rings. The maximum atomic E-state index is 14.6. The van der Waals surface area contributed by atoms with Crippen LogP contribution in [0, 0.1) is 23.2 Å². The fourth-order valence-corrected chi connectivity index (χ4v) is 9.35. The molecule has 3 aliphatic rings. The summed E-state index contributed by atoms with van der Waals surface area (Å²) in [5, 5.41) is 11.3. The minimum Gasteiger partial charge on any atom is -0.464 e. The molecule has 2 aliphatic heterocycles. The molecule has 2 fully saturated rings. The highest BCUT2D eigenvalue weighted by atomic mass is 32.1. The average Bonchev–Trinajstić information content (AvgIpc) is 3.50. The molecular weight excluding hydrogens is 743 g/mol. The smallest absolute Gasteiger partial charge is 0.324 e. The van der Waals surface area contributed by atoms with E-state index in [9.17, 15) is 14.4 Å². The standard InChI is InChI=1S/C43H57N7O6S/c1-9-49-33-15-14-27-20-29(33)30(37(49)28-12-10-16-45-35(28)26(4)54-8)21-43(5,6)23-56-42(53)31-13-11-18-50(48-31)41(52)36(47-39(51)34-24(2)25(34)3)38(55-19-17-44-7)40-46-32(27)22-57-40/h10,12,14-16,20,22,24-26,31,34,36,38,44,48H,9,11,13,17-19,21,23H2,1-8H3,(H,47,51)/t24-,25+,26-,31-,34?,36-,38?/m0/s1. The van der Waals surface area contributed by atoms with Crippen LogP contribution in [0.25, 0.3) is 33.4 Å². The van der Waals surface area contributed by atoms with Gasteiger partial charge in [-0.15, -0.1) is 11.3 Å². The Morgan fingerprint density at radius 2 is 1.98 bits per heavy atom. The fourth-order valence-electron chi connectivity index (χ4n) is 8.44. The van der Waals surface area contributed by atoms with Crippen LogP contribution in [0.2, 0.25) is 0 Å². The van der Waals surface area contributed by atoms with Gasteiger partial charge in [-0.1, -0.05) is 33.8 Å². The number of pyridine rings is 1. The Labute approximate surface area is 339 Å². The highest BCUT2D eigenvalue weighted by Crippen LogP contribution is 2.46. The lowest BCUT2D eigenvalue weighted by Crippen LogP contribution is -2.61. The number of methoxy groups -OCH3 is 1. The number of esters is 1. The van der Waals surface area contributed by atoms with Crippen molar-refractivity contribution in [2.45, 2.75) is 91.6 Å². The number of carbonyl (C=O) groups excluding carboxylic acids is 3. The Balaban J connectivity index is 1.40. The van der Waals surface area contributed by atoms with Gasteiger partial charge in [0, 0.05) is 71.7 Å². The Bertz CT molecular complexity index is 2110. The molecule has 7 rings (SSSR count). The van der Waals surface area contributed by atoms with E-state index in [2.05, 4.69) is 65.7 Å². The van der Waals surface area contributed by atoms with Crippen molar-refractivity contribution >= 4 is 40.0 Å². The number of likely N-dealkylation sites (N-methyl/N-ethyl adjacent to an activating group) is 1. The number of hydrogen-bond acceptors (Lipinski definition) is 11. The van der Waals surface area contributed by atoms with Gasteiger partial charge < -0.3 is 29.4 Å². The molecule has 1 aliphatic carbocycles. The normalized spacial score (nSPS) is 25.5. The number of rotatable bonds is 10. The van der Waals surface area contributed by atoms with Crippen LogP contribution < -0.4 is 16.1 Å². The highest BCUT2D eigenvalue weighted by Gasteiger charge is 2.50. The van der Waals surface area contributed by atoms with E-state index in [0.29, 0.717) is 43.9 Å². The van der Waals surface area contributed by atoms with Gasteiger partial charge in [0.15, 0.2) is 0 Å². The third-order valence-corrected chi connectivity index (χ3v) is 12.9. The molecule has 6 bridgehead atoms. The number of thiazole rings is 1. The van der Waals surface area contributed by atoms with Gasteiger partial charge in [-0.2, -0.15) is 0 Å². The molecule has 306 valence electrons. The van der Waals surface area contributed by atoms with Crippen LogP contribution in [0.15, 0.2) is 41.9 Å². The number of benzene rings is 1. The van der Waals surface area contributed by atoms with Crippen molar-refractivity contribution in [3.05, 3.63) is 58.2 Å². The molecule has 1 saturated carbocycles. The van der Waals surface area contributed by atoms with Crippen molar-refractivity contribution in [3.63, 3.8) is 0 Å². The van der Waals surface area contributed by atoms with Gasteiger partial charge in [0.05, 0.1) is 36.4 Å². The average molecular weight is 800 g/mol. The first-order valence-electron chi connectivity index (χ1n) is 20.3. The van der Waals surface area contributed by atoms with Crippen LogP contribution >= 0.6 is 11.3 Å². The summed E-state index contributed by atoms with van der Waals surface area (Å²) in [7, 11) is 3.53. The van der Waals surface area contributed by atoms with Crippen molar-refractivity contribution in [2.24, 2.45) is 23.2 Å². The molecule has 1 aromatic carbocycles. The number of amides is 2. The number of aryl methyl sites for hydroxylation is 1. The second kappa shape index (κ2) is 16.9. The summed E-state index contributed by atoms with van der Waals surface area (Å²) in [5.41, 5.74) is 9.45. The number of cyclic esters (lactones) is 1. The lowest BCUT2D eigenvalue weighted by molar-refractivity contribution is -0.156. The topological polar surface area (TPSA) is 149 Å². The molecular formula is C43H57N7O6S. The fraction of sp³-hybridized carbons (Fsp3) is 0.558. The van der Waals surface area contributed by atoms with Crippen molar-refractivity contribution in [2.75, 3.05) is 40.5 Å². The third-order valence-electron chi connectivity index (χ3n) is 12.0. The van der Waals surface area contributed by atoms with Gasteiger partial charge in [0.25, 0.3) is 5.91 Å². The Morgan fingerprint density at radius 1 is 1.19 bits per heavy atom. The number of aromatic nitrogens is 3. The maximum Gasteiger partial charge on any atom is 0.324 e. The SMILES string of the molecule is CCn1c(-c2cccnc2[C@H](C)OC)c2c3cc(ccc31)-c1csc(n1)C(OCCNC)[C@H](NC(=O)C1[C@@H](C)[C@H]1C)C(=O)N1CCC[C@H](N1)C(=O)OCC(C)(C)C2. The summed E-state index contributed by atoms with van der Waals surface area (Å²) in [6.07, 6.45) is 2.37. The third kappa shape index (κ3) is 8.24. The quantitative estimate of drug-likeness (QED) is 0.132. The lowest BCUT2D eigenvalue weighted by Gasteiger charge is -2.37. The van der Waals surface area contributed by atoms with Gasteiger partial charge in [-0.05, 0) is 81.8 Å². The van der Waals surface area contributed by atoms with Crippen LogP contribution in [-0.2, 0) is 41.6 Å². The monoisotopic (exact) mass is 799 g/mol. The second-order valence-electron chi connectivity index (χ2n) is 16.6. The second-order valence-corrected chi connectivity index (χ2v) is 17.5. The van der Waals surface area contributed by atoms with Gasteiger partial charge in [0.2, 0.25) is 5.91 Å². The molecule has 0 spiro atoms. The number of hydrogen-bond donors (Lipinski definition) is 3. The first kappa shape index (κ1) is 41.0. The number of hydrazine groups is 1. The summed E-state index contributed by atoms with van der Waals surface area (Å²) in [4.78, 5) is 52.2. The zero-order valence-corrected chi connectivity index (χ0v) is 35.2. The minimum absolute atomic E-state index is 0.164. The van der Waals surface area contributed by atoms with Crippen LogP contribution in [0.1, 0.15) is 82.9 Å². The molecule has 57 heavy (non-hydrogen) atoms. The van der Waals surface area contributed by atoms with Crippen molar-refractivity contribution in [3.8, 4) is 22.5 Å². The van der Waals surface area contributed by atoms with E-state index in [1.807, 2.05) is 39.3 Å². The molecule has 2 unspecified atom stereocenters. The summed E-state index contributed by atoms with van der Waals surface area (Å²) in [6, 6.07) is 8.67. The first-order valence-corrected chi connectivity index (χ1v) is 21.1. The zero-order chi connectivity index (χ0) is 40.6. The number of ether oxygens (including phenoxy) is 3. The summed E-state index contributed by atoms with van der Waals surface area (Å²) >= 11 is 1.41. The largest absolute Gasteiger partial charge is 0.464 e. The van der Waals surface area contributed by atoms with Crippen LogP contribution in [0.4, 0.5) is 0 Å². The highest BCUT2D eigenvalue weighted by molar-refractivity contribution is 7.10. The van der Waals surface area contributed by atoms with E-state index < -0.39 is 29.6 Å².